The molecule has 7 nitrogen and oxygen atoms in total. The van der Waals surface area contributed by atoms with E-state index in [1.165, 1.54) is 17.0 Å². The maximum atomic E-state index is 13.4. The summed E-state index contributed by atoms with van der Waals surface area (Å²) >= 11 is 0. The molecule has 7 heteroatoms. The first kappa shape index (κ1) is 23.5. The molecule has 0 bridgehead atoms. The number of nitrogens with zero attached hydrogens (tertiary/aromatic N) is 1. The Balaban J connectivity index is 1.66. The van der Waals surface area contributed by atoms with Gasteiger partial charge in [-0.2, -0.15) is 0 Å². The van der Waals surface area contributed by atoms with Gasteiger partial charge in [-0.25, -0.2) is 9.59 Å². The van der Waals surface area contributed by atoms with Crippen LogP contribution in [0.15, 0.2) is 84.9 Å². The van der Waals surface area contributed by atoms with Crippen LogP contribution in [-0.2, 0) is 19.4 Å². The molecule has 0 spiro atoms. The molecule has 1 aliphatic rings. The summed E-state index contributed by atoms with van der Waals surface area (Å²) in [6.45, 7) is 0.0896. The largest absolute Gasteiger partial charge is 0.478 e. The highest BCUT2D eigenvalue weighted by atomic mass is 16.4. The number of amides is 2. The van der Waals surface area contributed by atoms with Gasteiger partial charge in [-0.05, 0) is 41.7 Å². The molecular weight excluding hydrogens is 432 g/mol. The van der Waals surface area contributed by atoms with Crippen LogP contribution in [0.25, 0.3) is 0 Å². The van der Waals surface area contributed by atoms with Gasteiger partial charge < -0.3 is 25.5 Å². The van der Waals surface area contributed by atoms with Crippen molar-refractivity contribution in [1.29, 1.82) is 0 Å². The fraction of sp³-hybridized carbons (Fsp3) is 0.259. The zero-order valence-electron chi connectivity index (χ0n) is 18.6. The van der Waals surface area contributed by atoms with E-state index < -0.39 is 36.3 Å². The minimum Gasteiger partial charge on any atom is -0.478 e. The van der Waals surface area contributed by atoms with Gasteiger partial charge >= 0.3 is 12.0 Å². The number of rotatable bonds is 7. The third-order valence-corrected chi connectivity index (χ3v) is 6.24. The van der Waals surface area contributed by atoms with Gasteiger partial charge in [0.15, 0.2) is 0 Å². The highest BCUT2D eigenvalue weighted by Gasteiger charge is 2.42. The van der Waals surface area contributed by atoms with Crippen LogP contribution in [0, 0.1) is 0 Å². The number of hydrogen-bond acceptors (Lipinski definition) is 4. The Kier molecular flexibility index (Phi) is 7.25. The van der Waals surface area contributed by atoms with Crippen LogP contribution in [-0.4, -0.2) is 56.5 Å². The number of aromatic carboxylic acids is 1. The summed E-state index contributed by atoms with van der Waals surface area (Å²) in [6, 6.07) is 23.5. The van der Waals surface area contributed by atoms with Gasteiger partial charge in [0.2, 0.25) is 0 Å². The number of carboxylic acid groups (broad SMARTS) is 1. The smallest absolute Gasteiger partial charge is 0.335 e. The van der Waals surface area contributed by atoms with E-state index in [-0.39, 0.29) is 12.1 Å². The number of carbonyl (C=O) groups is 2. The molecule has 2 amide bonds. The van der Waals surface area contributed by atoms with Crippen molar-refractivity contribution in [3.8, 4) is 0 Å². The Bertz CT molecular complexity index is 1120. The number of aliphatic hydroxyl groups excluding tert-OH is 2. The fourth-order valence-electron chi connectivity index (χ4n) is 4.44. The van der Waals surface area contributed by atoms with Gasteiger partial charge in [0.25, 0.3) is 0 Å². The van der Waals surface area contributed by atoms with Crippen LogP contribution >= 0.6 is 0 Å². The third-order valence-electron chi connectivity index (χ3n) is 6.24. The first-order chi connectivity index (χ1) is 16.4. The van der Waals surface area contributed by atoms with Crippen molar-refractivity contribution in [3.05, 3.63) is 107 Å². The molecular formula is C27H28N2O5. The summed E-state index contributed by atoms with van der Waals surface area (Å²) < 4.78 is 0. The van der Waals surface area contributed by atoms with E-state index in [4.69, 9.17) is 0 Å². The Labute approximate surface area is 198 Å². The summed E-state index contributed by atoms with van der Waals surface area (Å²) in [7, 11) is 0. The average Bonchev–Trinajstić information content (AvgIpc) is 2.92. The molecule has 0 aromatic heterocycles. The quantitative estimate of drug-likeness (QED) is 0.433. The lowest BCUT2D eigenvalue weighted by atomic mass is 9.91. The molecule has 1 heterocycles. The number of carbonyl (C=O) groups excluding carboxylic acids is 1. The Morgan fingerprint density at radius 1 is 0.794 bits per heavy atom. The van der Waals surface area contributed by atoms with Gasteiger partial charge in [0, 0.05) is 6.54 Å². The molecule has 176 valence electrons. The topological polar surface area (TPSA) is 110 Å². The van der Waals surface area contributed by atoms with Crippen molar-refractivity contribution >= 4 is 12.0 Å². The van der Waals surface area contributed by atoms with Crippen LogP contribution in [0.3, 0.4) is 0 Å². The average molecular weight is 461 g/mol. The number of nitrogens with one attached hydrogen (secondary N) is 1. The highest BCUT2D eigenvalue weighted by molar-refractivity contribution is 5.87. The van der Waals surface area contributed by atoms with Gasteiger partial charge in [-0.3, -0.25) is 0 Å². The molecule has 3 aromatic rings. The van der Waals surface area contributed by atoms with E-state index in [9.17, 15) is 24.9 Å². The minimum atomic E-state index is -1.21. The molecule has 4 rings (SSSR count). The predicted molar refractivity (Wildman–Crippen MR) is 127 cm³/mol. The summed E-state index contributed by atoms with van der Waals surface area (Å²) in [5.74, 6) is -1.05. The molecule has 1 unspecified atom stereocenters. The van der Waals surface area contributed by atoms with Gasteiger partial charge in [0.1, 0.15) is 12.2 Å². The number of benzene rings is 3. The second-order valence-electron chi connectivity index (χ2n) is 8.62. The van der Waals surface area contributed by atoms with E-state index in [0.717, 1.165) is 11.1 Å². The van der Waals surface area contributed by atoms with E-state index in [2.05, 4.69) is 5.32 Å². The second-order valence-corrected chi connectivity index (χ2v) is 8.62. The molecule has 34 heavy (non-hydrogen) atoms. The van der Waals surface area contributed by atoms with Crippen LogP contribution in [0.4, 0.5) is 4.79 Å². The zero-order valence-corrected chi connectivity index (χ0v) is 18.6. The first-order valence-electron chi connectivity index (χ1n) is 11.3. The lowest BCUT2D eigenvalue weighted by Gasteiger charge is -2.33. The lowest BCUT2D eigenvalue weighted by Crippen LogP contribution is -2.50. The van der Waals surface area contributed by atoms with Crippen molar-refractivity contribution in [3.63, 3.8) is 0 Å². The molecule has 4 N–H and O–H groups in total. The molecule has 0 radical (unpaired) electrons. The predicted octanol–water partition coefficient (Wildman–Crippen LogP) is 2.85. The van der Waals surface area contributed by atoms with Gasteiger partial charge in [-0.1, -0.05) is 72.8 Å². The van der Waals surface area contributed by atoms with E-state index >= 15 is 0 Å². The van der Waals surface area contributed by atoms with Crippen molar-refractivity contribution in [2.75, 3.05) is 0 Å². The van der Waals surface area contributed by atoms with Crippen LogP contribution in [0.2, 0.25) is 0 Å². The normalized spacial score (nSPS) is 22.6. The summed E-state index contributed by atoms with van der Waals surface area (Å²) in [4.78, 5) is 26.3. The Morgan fingerprint density at radius 3 is 2.00 bits per heavy atom. The molecule has 1 fully saturated rings. The summed E-state index contributed by atoms with van der Waals surface area (Å²) in [5.41, 5.74) is 2.59. The SMILES string of the molecule is O=C(O)c1cccc(CN2C(=O)N[C@H](Cc3ccccc3)[C@H](O)[C@@H](O)C2Cc2ccccc2)c1. The van der Waals surface area contributed by atoms with E-state index in [1.807, 2.05) is 60.7 Å². The van der Waals surface area contributed by atoms with Crippen LogP contribution in [0.1, 0.15) is 27.0 Å². The van der Waals surface area contributed by atoms with Crippen molar-refractivity contribution in [1.82, 2.24) is 10.2 Å². The van der Waals surface area contributed by atoms with Gasteiger partial charge in [-0.15, -0.1) is 0 Å². The minimum absolute atomic E-state index is 0.0896. The number of urea groups is 1. The lowest BCUT2D eigenvalue weighted by molar-refractivity contribution is -0.0306. The Morgan fingerprint density at radius 2 is 1.38 bits per heavy atom. The van der Waals surface area contributed by atoms with Gasteiger partial charge in [0.05, 0.1) is 17.6 Å². The monoisotopic (exact) mass is 460 g/mol. The molecule has 1 saturated heterocycles. The molecule has 1 aliphatic heterocycles. The summed E-state index contributed by atoms with van der Waals surface area (Å²) in [5, 5.41) is 34.6. The molecule has 3 aromatic carbocycles. The number of hydrogen-bond donors (Lipinski definition) is 4. The second kappa shape index (κ2) is 10.5. The fourth-order valence-corrected chi connectivity index (χ4v) is 4.44. The van der Waals surface area contributed by atoms with Crippen molar-refractivity contribution in [2.24, 2.45) is 0 Å². The van der Waals surface area contributed by atoms with E-state index in [0.29, 0.717) is 18.4 Å². The molecule has 4 atom stereocenters. The maximum absolute atomic E-state index is 13.4. The zero-order chi connectivity index (χ0) is 24.1. The van der Waals surface area contributed by atoms with Crippen LogP contribution in [0.5, 0.6) is 0 Å². The standard InChI is InChI=1S/C27H28N2O5/c30-24-22(15-18-8-3-1-4-9-18)28-27(34)29(17-20-12-7-13-21(14-20)26(32)33)23(25(24)31)16-19-10-5-2-6-11-19/h1-14,22-25,30-31H,15-17H2,(H,28,34)(H,32,33)/t22-,23?,24+,25+/m1/s1. The highest BCUT2D eigenvalue weighted by Crippen LogP contribution is 2.24. The first-order valence-corrected chi connectivity index (χ1v) is 11.3. The molecule has 0 aliphatic carbocycles. The molecule has 0 saturated carbocycles. The van der Waals surface area contributed by atoms with Crippen molar-refractivity contribution in [2.45, 2.75) is 43.7 Å². The maximum Gasteiger partial charge on any atom is 0.335 e. The summed E-state index contributed by atoms with van der Waals surface area (Å²) in [6.07, 6.45) is -1.70. The van der Waals surface area contributed by atoms with Crippen LogP contribution < -0.4 is 5.32 Å². The Hall–Kier alpha value is -3.68. The van der Waals surface area contributed by atoms with E-state index in [1.54, 1.807) is 12.1 Å². The number of aliphatic hydroxyl groups is 2. The third kappa shape index (κ3) is 5.44. The number of carboxylic acids is 1. The van der Waals surface area contributed by atoms with Crippen molar-refractivity contribution < 1.29 is 24.9 Å².